The van der Waals surface area contributed by atoms with E-state index < -0.39 is 11.4 Å². The van der Waals surface area contributed by atoms with Crippen molar-refractivity contribution in [3.63, 3.8) is 0 Å². The van der Waals surface area contributed by atoms with Crippen LogP contribution in [0.3, 0.4) is 0 Å². The van der Waals surface area contributed by atoms with Crippen LogP contribution in [0.5, 0.6) is 5.75 Å². The molecule has 0 unspecified atom stereocenters. The molecule has 10 nitrogen and oxygen atoms in total. The third-order valence-corrected chi connectivity index (χ3v) is 6.28. The van der Waals surface area contributed by atoms with E-state index in [9.17, 15) is 14.3 Å². The molecule has 3 aromatic rings. The van der Waals surface area contributed by atoms with Gasteiger partial charge < -0.3 is 30.7 Å². The number of nitrogens with one attached hydrogen (secondary N) is 3. The van der Waals surface area contributed by atoms with Crippen molar-refractivity contribution in [2.45, 2.75) is 32.3 Å². The molecule has 1 aliphatic rings. The molecule has 2 heterocycles. The lowest BCUT2D eigenvalue weighted by atomic mass is 9.96. The Bertz CT molecular complexity index is 1360. The molecule has 0 saturated carbocycles. The second kappa shape index (κ2) is 11.2. The highest BCUT2D eigenvalue weighted by atomic mass is 35.5. The lowest BCUT2D eigenvalue weighted by Crippen LogP contribution is -2.21. The van der Waals surface area contributed by atoms with Gasteiger partial charge in [-0.05, 0) is 51.0 Å². The van der Waals surface area contributed by atoms with Gasteiger partial charge in [-0.25, -0.2) is 14.4 Å². The zero-order valence-electron chi connectivity index (χ0n) is 21.3. The molecular formula is C26H29ClFN7O3. The van der Waals surface area contributed by atoms with Crippen molar-refractivity contribution in [2.75, 3.05) is 41.0 Å². The first kappa shape index (κ1) is 27.1. The first-order valence-electron chi connectivity index (χ1n) is 11.9. The number of methoxy groups -OCH3 is 1. The number of benzene rings is 2. The van der Waals surface area contributed by atoms with Gasteiger partial charge in [-0.15, -0.1) is 0 Å². The summed E-state index contributed by atoms with van der Waals surface area (Å²) < 4.78 is 19.7. The van der Waals surface area contributed by atoms with Crippen LogP contribution in [0.2, 0.25) is 5.02 Å². The monoisotopic (exact) mass is 541 g/mol. The van der Waals surface area contributed by atoms with E-state index in [0.29, 0.717) is 22.8 Å². The summed E-state index contributed by atoms with van der Waals surface area (Å²) in [6, 6.07) is 6.12. The zero-order valence-corrected chi connectivity index (χ0v) is 22.1. The van der Waals surface area contributed by atoms with E-state index in [1.807, 2.05) is 6.07 Å². The predicted molar refractivity (Wildman–Crippen MR) is 146 cm³/mol. The molecule has 1 saturated heterocycles. The highest BCUT2D eigenvalue weighted by Gasteiger charge is 2.24. The summed E-state index contributed by atoms with van der Waals surface area (Å²) in [6.45, 7) is 8.34. The lowest BCUT2D eigenvalue weighted by molar-refractivity contribution is -0.111. The minimum absolute atomic E-state index is 0.121. The molecule has 12 heteroatoms. The Labute approximate surface area is 224 Å². The molecule has 1 fully saturated rings. The van der Waals surface area contributed by atoms with Crippen molar-refractivity contribution in [1.29, 1.82) is 0 Å². The summed E-state index contributed by atoms with van der Waals surface area (Å²) in [5.74, 6) is -0.171. The topological polar surface area (TPSA) is 125 Å². The van der Waals surface area contributed by atoms with E-state index in [0.717, 1.165) is 37.7 Å². The summed E-state index contributed by atoms with van der Waals surface area (Å²) >= 11 is 5.98. The van der Waals surface area contributed by atoms with Crippen LogP contribution in [-0.4, -0.2) is 46.2 Å². The molecule has 1 amide bonds. The summed E-state index contributed by atoms with van der Waals surface area (Å²) in [5, 5.41) is 19.3. The number of hydrogen-bond donors (Lipinski definition) is 4. The third-order valence-electron chi connectivity index (χ3n) is 5.99. The summed E-state index contributed by atoms with van der Waals surface area (Å²) in [4.78, 5) is 27.0. The van der Waals surface area contributed by atoms with E-state index in [1.165, 1.54) is 32.3 Å². The molecule has 0 bridgehead atoms. The Hall–Kier alpha value is -3.96. The fraction of sp³-hybridized carbons (Fsp3) is 0.308. The summed E-state index contributed by atoms with van der Waals surface area (Å²) in [5.41, 5.74) is 1.18. The van der Waals surface area contributed by atoms with Gasteiger partial charge in [0.15, 0.2) is 0 Å². The van der Waals surface area contributed by atoms with Gasteiger partial charge in [0.2, 0.25) is 17.8 Å². The Morgan fingerprint density at radius 2 is 1.79 bits per heavy atom. The van der Waals surface area contributed by atoms with Gasteiger partial charge in [0.05, 0.1) is 34.8 Å². The summed E-state index contributed by atoms with van der Waals surface area (Å²) in [7, 11) is 1.55. The molecule has 0 aliphatic carbocycles. The third kappa shape index (κ3) is 6.12. The molecule has 1 aliphatic heterocycles. The van der Waals surface area contributed by atoms with Crippen LogP contribution < -0.4 is 25.6 Å². The second-order valence-electron chi connectivity index (χ2n) is 9.21. The average Bonchev–Trinajstić information content (AvgIpc) is 3.40. The quantitative estimate of drug-likeness (QED) is 0.273. The minimum Gasteiger partial charge on any atom is -0.494 e. The first-order chi connectivity index (χ1) is 18.1. The Morgan fingerprint density at radius 1 is 1.13 bits per heavy atom. The van der Waals surface area contributed by atoms with Gasteiger partial charge in [0, 0.05) is 30.4 Å². The highest BCUT2D eigenvalue weighted by Crippen LogP contribution is 2.39. The molecular weight excluding hydrogens is 513 g/mol. The van der Waals surface area contributed by atoms with Crippen LogP contribution in [0.25, 0.3) is 0 Å². The van der Waals surface area contributed by atoms with Crippen LogP contribution in [0, 0.1) is 5.82 Å². The van der Waals surface area contributed by atoms with E-state index in [-0.39, 0.29) is 28.4 Å². The highest BCUT2D eigenvalue weighted by molar-refractivity contribution is 6.31. The van der Waals surface area contributed by atoms with Crippen molar-refractivity contribution in [3.8, 4) is 5.75 Å². The Kier molecular flexibility index (Phi) is 7.98. The van der Waals surface area contributed by atoms with E-state index in [1.54, 1.807) is 13.2 Å². The van der Waals surface area contributed by atoms with Crippen LogP contribution in [-0.2, 0) is 10.4 Å². The number of ether oxygens (including phenoxy) is 1. The number of carbonyl (C=O) groups is 1. The summed E-state index contributed by atoms with van der Waals surface area (Å²) in [6.07, 6.45) is 4.62. The van der Waals surface area contributed by atoms with Gasteiger partial charge in [-0.1, -0.05) is 18.2 Å². The van der Waals surface area contributed by atoms with Gasteiger partial charge in [0.1, 0.15) is 17.9 Å². The maximum atomic E-state index is 14.1. The average molecular weight is 542 g/mol. The molecule has 4 rings (SSSR count). The second-order valence-corrected chi connectivity index (χ2v) is 9.62. The van der Waals surface area contributed by atoms with Crippen LogP contribution in [0.4, 0.5) is 39.0 Å². The fourth-order valence-corrected chi connectivity index (χ4v) is 4.32. The number of carbonyl (C=O) groups excluding carboxylic acids is 1. The van der Waals surface area contributed by atoms with Crippen molar-refractivity contribution < 1.29 is 19.0 Å². The van der Waals surface area contributed by atoms with Gasteiger partial charge in [-0.3, -0.25) is 4.79 Å². The standard InChI is InChI=1S/C26H29ClFN7O3/c1-5-23(36)31-19-12-20(22(38-4)13-21(19)35-8-6-7-9-35)33-25-30-14-29-24(34-25)32-18-11-16(27)17(28)10-15(18)26(2,3)37/h5,10-14,37H,1,6-9H2,2-4H3,(H,31,36)(H2,29,30,32,33,34). The van der Waals surface area contributed by atoms with E-state index in [2.05, 4.69) is 42.4 Å². The molecule has 2 aromatic carbocycles. The minimum atomic E-state index is -1.36. The molecule has 38 heavy (non-hydrogen) atoms. The van der Waals surface area contributed by atoms with Crippen LogP contribution >= 0.6 is 11.6 Å². The molecule has 0 radical (unpaired) electrons. The van der Waals surface area contributed by atoms with E-state index in [4.69, 9.17) is 16.3 Å². The largest absolute Gasteiger partial charge is 0.494 e. The van der Waals surface area contributed by atoms with Crippen LogP contribution in [0.1, 0.15) is 32.3 Å². The van der Waals surface area contributed by atoms with Crippen molar-refractivity contribution >= 4 is 52.2 Å². The van der Waals surface area contributed by atoms with Crippen molar-refractivity contribution in [3.05, 3.63) is 59.7 Å². The van der Waals surface area contributed by atoms with Gasteiger partial charge in [0.25, 0.3) is 0 Å². The molecule has 200 valence electrons. The number of nitrogens with zero attached hydrogens (tertiary/aromatic N) is 4. The maximum absolute atomic E-state index is 14.1. The van der Waals surface area contributed by atoms with E-state index >= 15 is 0 Å². The van der Waals surface area contributed by atoms with Crippen molar-refractivity contribution in [2.24, 2.45) is 0 Å². The smallest absolute Gasteiger partial charge is 0.247 e. The number of anilines is 6. The molecule has 0 spiro atoms. The molecule has 1 aromatic heterocycles. The fourth-order valence-electron chi connectivity index (χ4n) is 4.15. The molecule has 0 atom stereocenters. The van der Waals surface area contributed by atoms with Gasteiger partial charge >= 0.3 is 0 Å². The number of halogens is 2. The Balaban J connectivity index is 1.66. The lowest BCUT2D eigenvalue weighted by Gasteiger charge is -2.24. The number of hydrogen-bond acceptors (Lipinski definition) is 9. The number of amides is 1. The molecule has 4 N–H and O–H groups in total. The maximum Gasteiger partial charge on any atom is 0.247 e. The number of aromatic nitrogens is 3. The number of rotatable bonds is 9. The SMILES string of the molecule is C=CC(=O)Nc1cc(Nc2ncnc(Nc3cc(Cl)c(F)cc3C(C)(C)O)n2)c(OC)cc1N1CCCC1. The zero-order chi connectivity index (χ0) is 27.4. The normalized spacial score (nSPS) is 13.3. The first-order valence-corrected chi connectivity index (χ1v) is 12.3. The number of aliphatic hydroxyl groups is 1. The van der Waals surface area contributed by atoms with Crippen molar-refractivity contribution in [1.82, 2.24) is 15.0 Å². The Morgan fingerprint density at radius 3 is 2.39 bits per heavy atom. The van der Waals surface area contributed by atoms with Crippen LogP contribution in [0.15, 0.2) is 43.2 Å². The predicted octanol–water partition coefficient (Wildman–Crippen LogP) is 5.11. The van der Waals surface area contributed by atoms with Gasteiger partial charge in [-0.2, -0.15) is 4.98 Å².